The molecule has 2 aromatic carbocycles. The van der Waals surface area contributed by atoms with E-state index in [9.17, 15) is 33.0 Å². The Morgan fingerprint density at radius 1 is 0.955 bits per heavy atom. The van der Waals surface area contributed by atoms with E-state index in [-0.39, 0.29) is 30.1 Å². The second-order valence-electron chi connectivity index (χ2n) is 12.9. The zero-order valence-electron chi connectivity index (χ0n) is 24.1. The van der Waals surface area contributed by atoms with Gasteiger partial charge in [-0.2, -0.15) is 22.0 Å². The van der Waals surface area contributed by atoms with Gasteiger partial charge < -0.3 is 10.2 Å². The Balaban J connectivity index is 1.41. The molecule has 0 aromatic heterocycles. The maximum Gasteiger partial charge on any atom is 0.456 e. The van der Waals surface area contributed by atoms with Gasteiger partial charge >= 0.3 is 18.1 Å². The van der Waals surface area contributed by atoms with Gasteiger partial charge in [0.2, 0.25) is 0 Å². The van der Waals surface area contributed by atoms with Crippen LogP contribution in [0.5, 0.6) is 0 Å². The van der Waals surface area contributed by atoms with E-state index in [0.29, 0.717) is 31.2 Å². The number of halogens is 5. The van der Waals surface area contributed by atoms with Crippen molar-refractivity contribution < 1.29 is 41.8 Å². The van der Waals surface area contributed by atoms with Gasteiger partial charge in [-0.25, -0.2) is 4.79 Å². The highest BCUT2D eigenvalue weighted by Gasteiger charge is 2.79. The first kappa shape index (κ1) is 30.4. The summed E-state index contributed by atoms with van der Waals surface area (Å²) in [6.07, 6.45) is 0.605. The maximum atomic E-state index is 15.2. The largest absolute Gasteiger partial charge is 0.478 e. The van der Waals surface area contributed by atoms with Crippen LogP contribution in [0.4, 0.5) is 22.0 Å². The highest BCUT2D eigenvalue weighted by molar-refractivity contribution is 5.93. The monoisotopic (exact) mass is 612 g/mol. The Bertz CT molecular complexity index is 1600. The zero-order chi connectivity index (χ0) is 31.7. The number of hydrogen-bond acceptors (Lipinski definition) is 3. The lowest BCUT2D eigenvalue weighted by molar-refractivity contribution is -0.362. The molecule has 0 amide bonds. The Kier molecular flexibility index (Phi) is 7.26. The zero-order valence-corrected chi connectivity index (χ0v) is 24.1. The van der Waals surface area contributed by atoms with Crippen molar-refractivity contribution in [2.75, 3.05) is 0 Å². The Hall–Kier alpha value is -3.59. The number of fused-ring (bicyclic) bond motifs is 4. The van der Waals surface area contributed by atoms with E-state index in [1.54, 1.807) is 36.4 Å². The number of rotatable bonds is 5. The van der Waals surface area contributed by atoms with Crippen molar-refractivity contribution in [3.05, 3.63) is 93.6 Å². The van der Waals surface area contributed by atoms with Gasteiger partial charge in [0.1, 0.15) is 5.60 Å². The van der Waals surface area contributed by atoms with Gasteiger partial charge in [0, 0.05) is 17.8 Å². The minimum absolute atomic E-state index is 0.0325. The molecule has 0 bridgehead atoms. The van der Waals surface area contributed by atoms with Crippen LogP contribution in [0.15, 0.2) is 71.3 Å². The number of carbonyl (C=O) groups excluding carboxylic acids is 1. The molecule has 4 nitrogen and oxygen atoms in total. The lowest BCUT2D eigenvalue weighted by atomic mass is 9.50. The van der Waals surface area contributed by atoms with E-state index in [1.807, 2.05) is 24.3 Å². The fourth-order valence-corrected chi connectivity index (χ4v) is 8.52. The minimum Gasteiger partial charge on any atom is -0.478 e. The molecule has 4 aliphatic rings. The number of ketones is 1. The minimum atomic E-state index is -5.89. The Morgan fingerprint density at radius 2 is 1.66 bits per heavy atom. The van der Waals surface area contributed by atoms with Crippen molar-refractivity contribution in [1.29, 1.82) is 0 Å². The molecule has 6 rings (SSSR count). The van der Waals surface area contributed by atoms with E-state index in [1.165, 1.54) is 13.0 Å². The highest BCUT2D eigenvalue weighted by atomic mass is 19.4. The predicted octanol–water partition coefficient (Wildman–Crippen LogP) is 8.38. The van der Waals surface area contributed by atoms with Crippen LogP contribution in [-0.2, 0) is 4.79 Å². The normalized spacial score (nSPS) is 30.6. The number of benzene rings is 2. The van der Waals surface area contributed by atoms with Gasteiger partial charge in [0.05, 0.1) is 5.56 Å². The van der Waals surface area contributed by atoms with E-state index in [4.69, 9.17) is 0 Å². The smallest absolute Gasteiger partial charge is 0.456 e. The number of carbonyl (C=O) groups is 2. The van der Waals surface area contributed by atoms with E-state index < -0.39 is 47.3 Å². The van der Waals surface area contributed by atoms with E-state index in [2.05, 4.69) is 0 Å². The molecule has 4 aliphatic carbocycles. The summed E-state index contributed by atoms with van der Waals surface area (Å²) in [6, 6.07) is 13.8. The number of aromatic carboxylic acids is 1. The van der Waals surface area contributed by atoms with Gasteiger partial charge in [-0.3, -0.25) is 4.79 Å². The van der Waals surface area contributed by atoms with Crippen molar-refractivity contribution in [1.82, 2.24) is 0 Å². The molecule has 2 aromatic rings. The average Bonchev–Trinajstić information content (AvgIpc) is 3.26. The summed E-state index contributed by atoms with van der Waals surface area (Å²) in [6.45, 7) is 1.41. The maximum absolute atomic E-state index is 15.2. The lowest BCUT2D eigenvalue weighted by Crippen LogP contribution is -2.65. The van der Waals surface area contributed by atoms with Crippen LogP contribution in [0.2, 0.25) is 0 Å². The fourth-order valence-electron chi connectivity index (χ4n) is 8.52. The van der Waals surface area contributed by atoms with E-state index >= 15 is 8.78 Å². The summed E-state index contributed by atoms with van der Waals surface area (Å²) in [5.74, 6) is -7.62. The number of carboxylic acid groups (broad SMARTS) is 1. The highest BCUT2D eigenvalue weighted by Crippen LogP contribution is 2.70. The molecule has 5 atom stereocenters. The number of alkyl halides is 5. The Labute approximate surface area is 252 Å². The topological polar surface area (TPSA) is 74.6 Å². The second kappa shape index (κ2) is 10.5. The molecule has 2 N–H and O–H groups in total. The first-order chi connectivity index (χ1) is 20.7. The van der Waals surface area contributed by atoms with Crippen LogP contribution in [0.1, 0.15) is 84.8 Å². The fraction of sp³-hybridized carbons (Fsp3) is 0.429. The van der Waals surface area contributed by atoms with Crippen molar-refractivity contribution in [3.8, 4) is 0 Å². The molecular weight excluding hydrogens is 579 g/mol. The third kappa shape index (κ3) is 4.66. The summed E-state index contributed by atoms with van der Waals surface area (Å²) in [7, 11) is 0. The molecule has 0 saturated heterocycles. The molecule has 0 aliphatic heterocycles. The molecule has 0 heterocycles. The summed E-state index contributed by atoms with van der Waals surface area (Å²) in [5, 5.41) is 20.7. The van der Waals surface area contributed by atoms with Crippen LogP contribution < -0.4 is 0 Å². The number of carboxylic acids is 1. The molecule has 44 heavy (non-hydrogen) atoms. The van der Waals surface area contributed by atoms with Gasteiger partial charge in [0.15, 0.2) is 5.78 Å². The third-order valence-corrected chi connectivity index (χ3v) is 10.7. The quantitative estimate of drug-likeness (QED) is 0.263. The number of hydrogen-bond donors (Lipinski definition) is 2. The van der Waals surface area contributed by atoms with Crippen molar-refractivity contribution in [2.45, 2.75) is 75.5 Å². The van der Waals surface area contributed by atoms with Gasteiger partial charge in [-0.1, -0.05) is 61.0 Å². The molecule has 2 saturated carbocycles. The van der Waals surface area contributed by atoms with Crippen molar-refractivity contribution in [3.63, 3.8) is 0 Å². The van der Waals surface area contributed by atoms with Crippen molar-refractivity contribution in [2.24, 2.45) is 17.3 Å². The summed E-state index contributed by atoms with van der Waals surface area (Å²) < 4.78 is 71.7. The molecule has 0 radical (unpaired) electrons. The first-order valence-electron chi connectivity index (χ1n) is 14.9. The summed E-state index contributed by atoms with van der Waals surface area (Å²) >= 11 is 0. The molecule has 2 fully saturated rings. The van der Waals surface area contributed by atoms with Gasteiger partial charge in [-0.05, 0) is 96.4 Å². The van der Waals surface area contributed by atoms with Crippen LogP contribution in [0, 0.1) is 17.3 Å². The average molecular weight is 613 g/mol. The van der Waals surface area contributed by atoms with Crippen LogP contribution >= 0.6 is 0 Å². The van der Waals surface area contributed by atoms with Crippen LogP contribution in [0.25, 0.3) is 12.2 Å². The number of aliphatic hydroxyl groups is 1. The van der Waals surface area contributed by atoms with Crippen LogP contribution in [0.3, 0.4) is 0 Å². The van der Waals surface area contributed by atoms with Gasteiger partial charge in [0.25, 0.3) is 0 Å². The molecule has 9 heteroatoms. The van der Waals surface area contributed by atoms with Gasteiger partial charge in [-0.15, -0.1) is 0 Å². The lowest BCUT2D eigenvalue weighted by Gasteiger charge is -2.56. The third-order valence-electron chi connectivity index (χ3n) is 10.7. The van der Waals surface area contributed by atoms with E-state index in [0.717, 1.165) is 27.8 Å². The molecular formula is C35H33F5O4. The second-order valence-corrected chi connectivity index (χ2v) is 12.9. The molecule has 4 unspecified atom stereocenters. The Morgan fingerprint density at radius 3 is 2.34 bits per heavy atom. The molecule has 0 spiro atoms. The predicted molar refractivity (Wildman–Crippen MR) is 155 cm³/mol. The molecule has 232 valence electrons. The number of allylic oxidation sites excluding steroid dienone is 4. The summed E-state index contributed by atoms with van der Waals surface area (Å²) in [4.78, 5) is 23.5. The summed E-state index contributed by atoms with van der Waals surface area (Å²) in [5.41, 5.74) is 0.409. The SMILES string of the molecule is CC12C[C@H](c3ccc(/C=C/c4cccc(C(=O)O)c4)cc3)C3=C4CCC(=O)C=C4CCC3C1CCC2(O)C(F)(F)C(F)(F)F. The standard InChI is InChI=1S/C35H33F5O4/c1-32-19-28(22-9-7-20(8-10-22)5-6-21-3-2-4-24(17-21)31(42)43)30-26-14-12-25(41)18-23(26)11-13-27(30)29(32)15-16-33(32,44)34(36,37)35(38,39)40/h2-10,17-18,27-29,44H,11-16,19H2,1H3,(H,42,43)/b6-5+/t27?,28-,29?,32?,33?/m1/s1. The first-order valence-corrected chi connectivity index (χ1v) is 14.9. The van der Waals surface area contributed by atoms with Crippen LogP contribution in [-0.4, -0.2) is 39.7 Å². The van der Waals surface area contributed by atoms with Crippen molar-refractivity contribution >= 4 is 23.9 Å².